The number of benzene rings is 1. The predicted octanol–water partition coefficient (Wildman–Crippen LogP) is 3.35. The molecule has 1 amide bonds. The number of alkyl halides is 3. The summed E-state index contributed by atoms with van der Waals surface area (Å²) in [7, 11) is 0. The molecule has 10 heteroatoms. The number of hydrogen-bond acceptors (Lipinski definition) is 6. The molecule has 5 nitrogen and oxygen atoms in total. The molecule has 2 N–H and O–H groups in total. The number of carbonyl (C=O) groups excluding carboxylic acids is 1. The lowest BCUT2D eigenvalue weighted by Gasteiger charge is -2.10. The third-order valence-electron chi connectivity index (χ3n) is 3.05. The molecular weight excluding hydrogens is 373 g/mol. The Balaban J connectivity index is 1.74. The maximum atomic E-state index is 12.1. The van der Waals surface area contributed by atoms with E-state index in [0.29, 0.717) is 10.9 Å². The number of amides is 1. The van der Waals surface area contributed by atoms with Crippen molar-refractivity contribution < 1.29 is 18.0 Å². The molecule has 0 fully saturated rings. The van der Waals surface area contributed by atoms with Crippen LogP contribution in [0.2, 0.25) is 0 Å². The van der Waals surface area contributed by atoms with E-state index >= 15 is 0 Å². The van der Waals surface area contributed by atoms with Crippen molar-refractivity contribution >= 4 is 34.1 Å². The molecular formula is C15H17F3N4OS2. The third kappa shape index (κ3) is 7.30. The molecule has 0 spiro atoms. The highest BCUT2D eigenvalue weighted by atomic mass is 32.2. The Labute approximate surface area is 151 Å². The van der Waals surface area contributed by atoms with Gasteiger partial charge in [0.1, 0.15) is 6.54 Å². The van der Waals surface area contributed by atoms with Crippen molar-refractivity contribution in [2.24, 2.45) is 0 Å². The molecule has 0 radical (unpaired) electrons. The van der Waals surface area contributed by atoms with Crippen LogP contribution in [0.4, 0.5) is 18.3 Å². The van der Waals surface area contributed by atoms with E-state index in [1.165, 1.54) is 0 Å². The molecule has 1 heterocycles. The standard InChI is InChI=1S/C15H17F3N4OS2/c1-10(12(23)19-8-7-11-5-3-2-4-6-11)24-14-22-21-13(25-14)20-9-15(16,17)18/h2-6,10H,7-9H2,1H3,(H,19,23)(H,20,21). The zero-order valence-corrected chi connectivity index (χ0v) is 15.0. The van der Waals surface area contributed by atoms with Gasteiger partial charge in [0.05, 0.1) is 5.25 Å². The molecule has 2 rings (SSSR count). The van der Waals surface area contributed by atoms with E-state index in [0.717, 1.165) is 35.1 Å². The average molecular weight is 390 g/mol. The Morgan fingerprint density at radius 1 is 1.28 bits per heavy atom. The molecule has 0 aliphatic heterocycles. The predicted molar refractivity (Wildman–Crippen MR) is 92.9 cm³/mol. The molecule has 0 aliphatic carbocycles. The van der Waals surface area contributed by atoms with Crippen molar-refractivity contribution in [3.05, 3.63) is 35.9 Å². The van der Waals surface area contributed by atoms with Crippen molar-refractivity contribution in [1.82, 2.24) is 15.5 Å². The second kappa shape index (κ2) is 9.04. The van der Waals surface area contributed by atoms with E-state index in [4.69, 9.17) is 0 Å². The van der Waals surface area contributed by atoms with E-state index < -0.39 is 18.0 Å². The average Bonchev–Trinajstić information content (AvgIpc) is 3.01. The second-order valence-corrected chi connectivity index (χ2v) is 7.69. The number of halogens is 3. The normalized spacial score (nSPS) is 12.6. The molecule has 25 heavy (non-hydrogen) atoms. The van der Waals surface area contributed by atoms with Crippen LogP contribution in [-0.4, -0.2) is 40.6 Å². The second-order valence-electron chi connectivity index (χ2n) is 5.13. The lowest BCUT2D eigenvalue weighted by Crippen LogP contribution is -2.32. The molecule has 0 saturated carbocycles. The van der Waals surface area contributed by atoms with E-state index in [1.54, 1.807) is 6.92 Å². The number of carbonyl (C=O) groups is 1. The molecule has 1 unspecified atom stereocenters. The summed E-state index contributed by atoms with van der Waals surface area (Å²) < 4.78 is 36.9. The van der Waals surface area contributed by atoms with Gasteiger partial charge in [0.15, 0.2) is 4.34 Å². The van der Waals surface area contributed by atoms with Crippen LogP contribution in [0.3, 0.4) is 0 Å². The maximum absolute atomic E-state index is 12.1. The Hall–Kier alpha value is -1.81. The first-order chi connectivity index (χ1) is 11.8. The van der Waals surface area contributed by atoms with Gasteiger partial charge in [0, 0.05) is 6.54 Å². The van der Waals surface area contributed by atoms with Crippen LogP contribution in [0, 0.1) is 0 Å². The van der Waals surface area contributed by atoms with Crippen molar-refractivity contribution in [1.29, 1.82) is 0 Å². The first-order valence-electron chi connectivity index (χ1n) is 7.46. The Kier molecular flexibility index (Phi) is 7.06. The minimum absolute atomic E-state index is 0.0801. The molecule has 0 saturated heterocycles. The van der Waals surface area contributed by atoms with Crippen molar-refractivity contribution in [3.63, 3.8) is 0 Å². The molecule has 1 aromatic heterocycles. The third-order valence-corrected chi connectivity index (χ3v) is 5.11. The Bertz CT molecular complexity index is 679. The van der Waals surface area contributed by atoms with Gasteiger partial charge in [-0.1, -0.05) is 53.4 Å². The minimum Gasteiger partial charge on any atom is -0.355 e. The van der Waals surface area contributed by atoms with E-state index in [9.17, 15) is 18.0 Å². The number of anilines is 1. The topological polar surface area (TPSA) is 66.9 Å². The lowest BCUT2D eigenvalue weighted by molar-refractivity contribution is -0.120. The van der Waals surface area contributed by atoms with Gasteiger partial charge in [-0.2, -0.15) is 13.2 Å². The summed E-state index contributed by atoms with van der Waals surface area (Å²) in [6.45, 7) is 1.07. The largest absolute Gasteiger partial charge is 0.405 e. The SMILES string of the molecule is CC(Sc1nnc(NCC(F)(F)F)s1)C(=O)NCCc1ccccc1. The summed E-state index contributed by atoms with van der Waals surface area (Å²) in [5, 5.41) is 12.1. The zero-order chi connectivity index (χ0) is 18.3. The number of nitrogens with zero attached hydrogens (tertiary/aromatic N) is 2. The fourth-order valence-electron chi connectivity index (χ4n) is 1.83. The number of rotatable bonds is 8. The van der Waals surface area contributed by atoms with Gasteiger partial charge in [0.25, 0.3) is 0 Å². The maximum Gasteiger partial charge on any atom is 0.405 e. The monoisotopic (exact) mass is 390 g/mol. The molecule has 0 aliphatic rings. The first kappa shape index (κ1) is 19.5. The first-order valence-corrected chi connectivity index (χ1v) is 9.15. The van der Waals surface area contributed by atoms with Crippen LogP contribution < -0.4 is 10.6 Å². The summed E-state index contributed by atoms with van der Waals surface area (Å²) in [4.78, 5) is 12.1. The van der Waals surface area contributed by atoms with E-state index in [1.807, 2.05) is 30.3 Å². The summed E-state index contributed by atoms with van der Waals surface area (Å²) in [6.07, 6.45) is -3.58. The molecule has 136 valence electrons. The van der Waals surface area contributed by atoms with Crippen LogP contribution in [0.5, 0.6) is 0 Å². The van der Waals surface area contributed by atoms with Crippen molar-refractivity contribution in [2.75, 3.05) is 18.4 Å². The minimum atomic E-state index is -4.31. The number of aromatic nitrogens is 2. The van der Waals surface area contributed by atoms with Crippen molar-refractivity contribution in [2.45, 2.75) is 29.1 Å². The van der Waals surface area contributed by atoms with Gasteiger partial charge in [0.2, 0.25) is 11.0 Å². The number of nitrogens with one attached hydrogen (secondary N) is 2. The van der Waals surface area contributed by atoms with Crippen LogP contribution in [0.15, 0.2) is 34.7 Å². The molecule has 2 aromatic rings. The summed E-state index contributed by atoms with van der Waals surface area (Å²) in [6, 6.07) is 9.79. The molecule has 1 atom stereocenters. The van der Waals surface area contributed by atoms with E-state index in [2.05, 4.69) is 20.8 Å². The fraction of sp³-hybridized carbons (Fsp3) is 0.400. The van der Waals surface area contributed by atoms with Crippen molar-refractivity contribution in [3.8, 4) is 0 Å². The highest BCUT2D eigenvalue weighted by molar-refractivity contribution is 8.02. The lowest BCUT2D eigenvalue weighted by atomic mass is 10.1. The van der Waals surface area contributed by atoms with Crippen LogP contribution in [-0.2, 0) is 11.2 Å². The van der Waals surface area contributed by atoms with Crippen LogP contribution >= 0.6 is 23.1 Å². The summed E-state index contributed by atoms with van der Waals surface area (Å²) in [5.41, 5.74) is 1.13. The quantitative estimate of drug-likeness (QED) is 0.677. The fourth-order valence-corrected chi connectivity index (χ4v) is 3.74. The Morgan fingerprint density at radius 2 is 2.00 bits per heavy atom. The summed E-state index contributed by atoms with van der Waals surface area (Å²) >= 11 is 2.15. The van der Waals surface area contributed by atoms with Gasteiger partial charge in [-0.25, -0.2) is 0 Å². The zero-order valence-electron chi connectivity index (χ0n) is 13.3. The van der Waals surface area contributed by atoms with Gasteiger partial charge in [-0.15, -0.1) is 10.2 Å². The van der Waals surface area contributed by atoms with E-state index in [-0.39, 0.29) is 11.0 Å². The molecule has 0 bridgehead atoms. The summed E-state index contributed by atoms with van der Waals surface area (Å²) in [5.74, 6) is -0.152. The van der Waals surface area contributed by atoms with Crippen LogP contribution in [0.25, 0.3) is 0 Å². The van der Waals surface area contributed by atoms with Gasteiger partial charge in [-0.3, -0.25) is 4.79 Å². The highest BCUT2D eigenvalue weighted by Crippen LogP contribution is 2.29. The van der Waals surface area contributed by atoms with Crippen LogP contribution in [0.1, 0.15) is 12.5 Å². The highest BCUT2D eigenvalue weighted by Gasteiger charge is 2.27. The molecule has 1 aromatic carbocycles. The van der Waals surface area contributed by atoms with Gasteiger partial charge >= 0.3 is 6.18 Å². The smallest absolute Gasteiger partial charge is 0.355 e. The van der Waals surface area contributed by atoms with Gasteiger partial charge in [-0.05, 0) is 18.9 Å². The number of thioether (sulfide) groups is 1. The van der Waals surface area contributed by atoms with Gasteiger partial charge < -0.3 is 10.6 Å². The number of hydrogen-bond donors (Lipinski definition) is 2. The Morgan fingerprint density at radius 3 is 2.68 bits per heavy atom.